The van der Waals surface area contributed by atoms with Crippen LogP contribution in [-0.4, -0.2) is 11.8 Å². The van der Waals surface area contributed by atoms with Gasteiger partial charge in [0.05, 0.1) is 0 Å². The summed E-state index contributed by atoms with van der Waals surface area (Å²) in [4.78, 5) is 24.3. The van der Waals surface area contributed by atoms with Crippen LogP contribution < -0.4 is 5.32 Å². The summed E-state index contributed by atoms with van der Waals surface area (Å²) in [5.41, 5.74) is 5.19. The topological polar surface area (TPSA) is 46.2 Å². The third kappa shape index (κ3) is 17.2. The molecule has 1 aliphatic carbocycles. The summed E-state index contributed by atoms with van der Waals surface area (Å²) in [7, 11) is 0. The molecule has 0 saturated carbocycles. The fourth-order valence-corrected chi connectivity index (χ4v) is 5.43. The van der Waals surface area contributed by atoms with Gasteiger partial charge in [0.25, 0.3) is 5.91 Å². The fourth-order valence-electron chi connectivity index (χ4n) is 5.43. The van der Waals surface area contributed by atoms with E-state index in [2.05, 4.69) is 58.2 Å². The number of carbonyl (C=O) groups excluding carboxylic acids is 2. The molecule has 0 bridgehead atoms. The fraction of sp³-hybridized carbons (Fsp3) is 0.667. The Morgan fingerprint density at radius 1 is 0.821 bits per heavy atom. The standard InChI is InChI=1S/C36H59NO2/c1-7-8-9-10-11-12-13-14-15-16-17-18-19-25-34(38)37-35(39)29-31(3)23-20-22-30(2)26-27-33-32(4)24-21-28-36(33,5)6/h20,22-23,26-27,29H,7-19,21,24-25,28H2,1-6H3,(H,37,38,39)/b23-20+,27-26+,30-22+,31-29+. The zero-order valence-electron chi connectivity index (χ0n) is 26.3. The molecular weight excluding hydrogens is 478 g/mol. The van der Waals surface area contributed by atoms with E-state index in [1.807, 2.05) is 19.1 Å². The van der Waals surface area contributed by atoms with Gasteiger partial charge in [-0.15, -0.1) is 0 Å². The van der Waals surface area contributed by atoms with E-state index in [0.717, 1.165) is 24.0 Å². The molecule has 0 unspecified atom stereocenters. The maximum absolute atomic E-state index is 12.2. The van der Waals surface area contributed by atoms with Gasteiger partial charge in [0.15, 0.2) is 0 Å². The van der Waals surface area contributed by atoms with E-state index in [4.69, 9.17) is 0 Å². The highest BCUT2D eigenvalue weighted by atomic mass is 16.2. The van der Waals surface area contributed by atoms with E-state index in [-0.39, 0.29) is 17.2 Å². The van der Waals surface area contributed by atoms with E-state index < -0.39 is 0 Å². The van der Waals surface area contributed by atoms with E-state index in [1.165, 1.54) is 107 Å². The number of carbonyl (C=O) groups is 2. The summed E-state index contributed by atoms with van der Waals surface area (Å²) in [5.74, 6) is -0.508. The molecule has 2 amide bonds. The van der Waals surface area contributed by atoms with Crippen molar-refractivity contribution in [2.24, 2.45) is 5.41 Å². The van der Waals surface area contributed by atoms with Crippen molar-refractivity contribution >= 4 is 11.8 Å². The van der Waals surface area contributed by atoms with Crippen LogP contribution in [-0.2, 0) is 9.59 Å². The van der Waals surface area contributed by atoms with Gasteiger partial charge in [-0.1, -0.05) is 139 Å². The molecule has 0 aliphatic heterocycles. The number of amides is 2. The van der Waals surface area contributed by atoms with Crippen LogP contribution >= 0.6 is 0 Å². The van der Waals surface area contributed by atoms with Gasteiger partial charge in [0.1, 0.15) is 0 Å². The number of rotatable bonds is 19. The monoisotopic (exact) mass is 537 g/mol. The summed E-state index contributed by atoms with van der Waals surface area (Å²) in [5, 5.41) is 2.50. The highest BCUT2D eigenvalue weighted by Gasteiger charge is 2.26. The summed E-state index contributed by atoms with van der Waals surface area (Å²) in [6.45, 7) is 13.1. The van der Waals surface area contributed by atoms with Crippen molar-refractivity contribution in [1.29, 1.82) is 0 Å². The van der Waals surface area contributed by atoms with E-state index in [1.54, 1.807) is 0 Å². The van der Waals surface area contributed by atoms with Crippen LogP contribution in [0.25, 0.3) is 0 Å². The van der Waals surface area contributed by atoms with Crippen LogP contribution in [0.2, 0.25) is 0 Å². The van der Waals surface area contributed by atoms with Crippen LogP contribution in [0.15, 0.2) is 58.7 Å². The number of hydrogen-bond acceptors (Lipinski definition) is 2. The quantitative estimate of drug-likeness (QED) is 0.101. The number of hydrogen-bond donors (Lipinski definition) is 1. The molecule has 0 aromatic carbocycles. The van der Waals surface area contributed by atoms with Crippen molar-refractivity contribution in [2.45, 2.75) is 151 Å². The van der Waals surface area contributed by atoms with Crippen LogP contribution in [0.4, 0.5) is 0 Å². The highest BCUT2D eigenvalue weighted by molar-refractivity contribution is 6.01. The molecule has 0 radical (unpaired) electrons. The SMILES string of the molecule is CCCCCCCCCCCCCCCC(=O)NC(=O)/C=C(C)/C=C/C=C(C)/C=C/C1=C(C)CCCC1(C)C. The Labute approximate surface area is 241 Å². The summed E-state index contributed by atoms with van der Waals surface area (Å²) >= 11 is 0. The number of nitrogens with one attached hydrogen (secondary N) is 1. The van der Waals surface area contributed by atoms with Crippen molar-refractivity contribution in [2.75, 3.05) is 0 Å². The van der Waals surface area contributed by atoms with Crippen LogP contribution in [0.1, 0.15) is 151 Å². The Kier molecular flexibility index (Phi) is 18.5. The molecule has 0 atom stereocenters. The Morgan fingerprint density at radius 3 is 1.95 bits per heavy atom. The minimum atomic E-state index is -0.334. The lowest BCUT2D eigenvalue weighted by Gasteiger charge is -2.32. The van der Waals surface area contributed by atoms with E-state index >= 15 is 0 Å². The first kappa shape index (κ1) is 34.9. The Morgan fingerprint density at radius 2 is 1.38 bits per heavy atom. The number of unbranched alkanes of at least 4 members (excludes halogenated alkanes) is 12. The molecule has 3 nitrogen and oxygen atoms in total. The van der Waals surface area contributed by atoms with Gasteiger partial charge >= 0.3 is 0 Å². The maximum atomic E-state index is 12.2. The summed E-state index contributed by atoms with van der Waals surface area (Å²) < 4.78 is 0. The first-order chi connectivity index (χ1) is 18.7. The minimum absolute atomic E-state index is 0.174. The second-order valence-electron chi connectivity index (χ2n) is 12.3. The lowest BCUT2D eigenvalue weighted by molar-refractivity contribution is -0.128. The molecule has 0 aromatic rings. The average molecular weight is 538 g/mol. The van der Waals surface area contributed by atoms with Gasteiger partial charge < -0.3 is 0 Å². The zero-order chi connectivity index (χ0) is 28.9. The molecule has 0 fully saturated rings. The minimum Gasteiger partial charge on any atom is -0.293 e. The van der Waals surface area contributed by atoms with E-state index in [0.29, 0.717) is 6.42 Å². The highest BCUT2D eigenvalue weighted by Crippen LogP contribution is 2.40. The van der Waals surface area contributed by atoms with Crippen molar-refractivity contribution in [3.05, 3.63) is 58.7 Å². The Balaban J connectivity index is 2.22. The molecule has 0 spiro atoms. The van der Waals surface area contributed by atoms with Gasteiger partial charge in [-0.3, -0.25) is 14.9 Å². The van der Waals surface area contributed by atoms with E-state index in [9.17, 15) is 9.59 Å². The lowest BCUT2D eigenvalue weighted by atomic mass is 9.72. The molecule has 1 rings (SSSR count). The van der Waals surface area contributed by atoms with Gasteiger partial charge in [-0.2, -0.15) is 0 Å². The van der Waals surface area contributed by atoms with Gasteiger partial charge in [0, 0.05) is 12.5 Å². The maximum Gasteiger partial charge on any atom is 0.250 e. The van der Waals surface area contributed by atoms with Gasteiger partial charge in [-0.05, 0) is 63.0 Å². The average Bonchev–Trinajstić information content (AvgIpc) is 2.86. The summed E-state index contributed by atoms with van der Waals surface area (Å²) in [6, 6.07) is 0. The normalized spacial score (nSPS) is 16.5. The number of allylic oxidation sites excluding steroid dienone is 9. The molecule has 1 N–H and O–H groups in total. The number of imide groups is 1. The first-order valence-electron chi connectivity index (χ1n) is 15.9. The third-order valence-electron chi connectivity index (χ3n) is 7.90. The van der Waals surface area contributed by atoms with Crippen molar-refractivity contribution in [3.63, 3.8) is 0 Å². The van der Waals surface area contributed by atoms with Crippen molar-refractivity contribution < 1.29 is 9.59 Å². The lowest BCUT2D eigenvalue weighted by Crippen LogP contribution is -2.28. The largest absolute Gasteiger partial charge is 0.293 e. The van der Waals surface area contributed by atoms with Crippen molar-refractivity contribution in [3.8, 4) is 0 Å². The third-order valence-corrected chi connectivity index (χ3v) is 7.90. The van der Waals surface area contributed by atoms with Gasteiger partial charge in [0.2, 0.25) is 5.91 Å². The molecule has 3 heteroatoms. The predicted molar refractivity (Wildman–Crippen MR) is 170 cm³/mol. The first-order valence-corrected chi connectivity index (χ1v) is 15.9. The molecule has 39 heavy (non-hydrogen) atoms. The summed E-state index contributed by atoms with van der Waals surface area (Å²) in [6.07, 6.45) is 32.6. The molecule has 220 valence electrons. The smallest absolute Gasteiger partial charge is 0.250 e. The second-order valence-corrected chi connectivity index (χ2v) is 12.3. The molecule has 0 saturated heterocycles. The molecular formula is C36H59NO2. The van der Waals surface area contributed by atoms with Crippen LogP contribution in [0, 0.1) is 5.41 Å². The molecule has 0 heterocycles. The van der Waals surface area contributed by atoms with Crippen LogP contribution in [0.3, 0.4) is 0 Å². The Hall–Kier alpha value is -2.16. The molecule has 1 aliphatic rings. The van der Waals surface area contributed by atoms with Crippen LogP contribution in [0.5, 0.6) is 0 Å². The second kappa shape index (κ2) is 20.7. The Bertz CT molecular complexity index is 882. The predicted octanol–water partition coefficient (Wildman–Crippen LogP) is 10.6. The zero-order valence-corrected chi connectivity index (χ0v) is 26.3. The van der Waals surface area contributed by atoms with Crippen molar-refractivity contribution in [1.82, 2.24) is 5.32 Å². The van der Waals surface area contributed by atoms with Gasteiger partial charge in [-0.25, -0.2) is 0 Å². The molecule has 0 aromatic heterocycles.